The molecule has 2 aliphatic rings. The fourth-order valence-electron chi connectivity index (χ4n) is 2.98. The largest absolute Gasteiger partial charge is 0.457 e. The minimum Gasteiger partial charge on any atom is -0.457 e. The minimum absolute atomic E-state index is 0.0119. The number of carbonyl (C=O) groups excluding carboxylic acids is 2. The molecule has 1 unspecified atom stereocenters. The second-order valence-corrected chi connectivity index (χ2v) is 6.76. The van der Waals surface area contributed by atoms with Gasteiger partial charge in [-0.2, -0.15) is 0 Å². The lowest BCUT2D eigenvalue weighted by molar-refractivity contribution is -0.384. The molecule has 8 heteroatoms. The van der Waals surface area contributed by atoms with Crippen LogP contribution < -0.4 is 4.90 Å². The number of thioether (sulfide) groups is 1. The molecule has 2 aliphatic heterocycles. The van der Waals surface area contributed by atoms with Crippen molar-refractivity contribution in [3.63, 3.8) is 0 Å². The van der Waals surface area contributed by atoms with E-state index in [4.69, 9.17) is 4.74 Å². The Morgan fingerprint density at radius 3 is 2.64 bits per heavy atom. The summed E-state index contributed by atoms with van der Waals surface area (Å²) >= 11 is 1.46. The van der Waals surface area contributed by atoms with Gasteiger partial charge in [-0.05, 0) is 35.9 Å². The summed E-state index contributed by atoms with van der Waals surface area (Å²) in [7, 11) is 0. The summed E-state index contributed by atoms with van der Waals surface area (Å²) in [5, 5.41) is 10.5. The quantitative estimate of drug-likeness (QED) is 0.477. The first-order valence-corrected chi connectivity index (χ1v) is 8.57. The molecule has 1 atom stereocenters. The third kappa shape index (κ3) is 2.64. The van der Waals surface area contributed by atoms with Crippen molar-refractivity contribution in [1.82, 2.24) is 0 Å². The first-order valence-electron chi connectivity index (χ1n) is 7.52. The monoisotopic (exact) mass is 356 g/mol. The molecule has 0 bridgehead atoms. The number of carbonyl (C=O) groups is 2. The molecule has 4 rings (SSSR count). The number of benzene rings is 2. The van der Waals surface area contributed by atoms with Crippen LogP contribution in [-0.4, -0.2) is 22.6 Å². The Morgan fingerprint density at radius 2 is 1.92 bits per heavy atom. The molecule has 7 nitrogen and oxygen atoms in total. The number of non-ortho nitro benzene ring substituents is 1. The lowest BCUT2D eigenvalue weighted by Crippen LogP contribution is -2.27. The van der Waals surface area contributed by atoms with Gasteiger partial charge in [0.15, 0.2) is 0 Å². The number of hydrogen-bond acceptors (Lipinski definition) is 6. The Kier molecular flexibility index (Phi) is 3.69. The van der Waals surface area contributed by atoms with Crippen LogP contribution in [0.5, 0.6) is 0 Å². The van der Waals surface area contributed by atoms with Crippen molar-refractivity contribution < 1.29 is 19.2 Å². The molecular formula is C17H12N2O5S. The number of cyclic esters (lactones) is 1. The molecule has 0 spiro atoms. The summed E-state index contributed by atoms with van der Waals surface area (Å²) in [6.45, 7) is 0.208. The third-order valence-corrected chi connectivity index (χ3v) is 5.41. The van der Waals surface area contributed by atoms with Crippen LogP contribution in [0, 0.1) is 10.1 Å². The minimum atomic E-state index is -0.452. The van der Waals surface area contributed by atoms with Gasteiger partial charge in [-0.1, -0.05) is 0 Å². The normalized spacial score (nSPS) is 19.0. The fraction of sp³-hybridized carbons (Fsp3) is 0.176. The van der Waals surface area contributed by atoms with E-state index >= 15 is 0 Å². The zero-order valence-corrected chi connectivity index (χ0v) is 13.7. The van der Waals surface area contributed by atoms with Gasteiger partial charge in [0.05, 0.1) is 16.2 Å². The van der Waals surface area contributed by atoms with E-state index in [1.54, 1.807) is 35.2 Å². The Labute approximate surface area is 146 Å². The van der Waals surface area contributed by atoms with Crippen molar-refractivity contribution >= 4 is 35.0 Å². The number of ether oxygens (including phenoxy) is 1. The van der Waals surface area contributed by atoms with Crippen molar-refractivity contribution in [1.29, 1.82) is 0 Å². The van der Waals surface area contributed by atoms with Gasteiger partial charge in [0.2, 0.25) is 5.91 Å². The van der Waals surface area contributed by atoms with Crippen LogP contribution in [0.25, 0.3) is 0 Å². The zero-order valence-electron chi connectivity index (χ0n) is 12.9. The Bertz CT molecular complexity index is 896. The first-order chi connectivity index (χ1) is 12.0. The molecule has 2 heterocycles. The standard InChI is InChI=1S/C17H12N2O5S/c20-15-9-25-16(10-1-3-12(4-2-10)19(22)23)18(15)13-5-6-14-11(7-13)8-24-17(14)21/h1-7,16H,8-9H2. The van der Waals surface area contributed by atoms with E-state index in [1.165, 1.54) is 23.9 Å². The maximum atomic E-state index is 12.4. The van der Waals surface area contributed by atoms with Crippen molar-refractivity contribution in [2.45, 2.75) is 12.0 Å². The van der Waals surface area contributed by atoms with E-state index in [0.717, 1.165) is 11.1 Å². The van der Waals surface area contributed by atoms with E-state index in [9.17, 15) is 19.7 Å². The van der Waals surface area contributed by atoms with Gasteiger partial charge in [-0.25, -0.2) is 4.79 Å². The summed E-state index contributed by atoms with van der Waals surface area (Å²) in [4.78, 5) is 36.0. The molecule has 0 N–H and O–H groups in total. The van der Waals surface area contributed by atoms with Crippen molar-refractivity contribution in [2.24, 2.45) is 0 Å². The highest BCUT2D eigenvalue weighted by atomic mass is 32.2. The fourth-order valence-corrected chi connectivity index (χ4v) is 4.16. The molecule has 0 saturated carbocycles. The van der Waals surface area contributed by atoms with Crippen molar-refractivity contribution in [3.05, 3.63) is 69.3 Å². The predicted molar refractivity (Wildman–Crippen MR) is 91.3 cm³/mol. The van der Waals surface area contributed by atoms with Crippen molar-refractivity contribution in [3.8, 4) is 0 Å². The first kappa shape index (κ1) is 15.6. The number of esters is 1. The van der Waals surface area contributed by atoms with E-state index in [2.05, 4.69) is 0 Å². The summed E-state index contributed by atoms with van der Waals surface area (Å²) in [5.41, 5.74) is 2.80. The van der Waals surface area contributed by atoms with Gasteiger partial charge in [0.1, 0.15) is 12.0 Å². The second-order valence-electron chi connectivity index (χ2n) is 5.69. The molecule has 0 radical (unpaired) electrons. The zero-order chi connectivity index (χ0) is 17.6. The van der Waals surface area contributed by atoms with Crippen LogP contribution in [0.3, 0.4) is 0 Å². The van der Waals surface area contributed by atoms with Gasteiger partial charge in [0, 0.05) is 23.4 Å². The maximum Gasteiger partial charge on any atom is 0.338 e. The van der Waals surface area contributed by atoms with Gasteiger partial charge >= 0.3 is 5.97 Å². The highest BCUT2D eigenvalue weighted by Gasteiger charge is 2.35. The predicted octanol–water partition coefficient (Wildman–Crippen LogP) is 3.04. The van der Waals surface area contributed by atoms with E-state index in [-0.39, 0.29) is 29.5 Å². The average Bonchev–Trinajstić information content (AvgIpc) is 3.18. The van der Waals surface area contributed by atoms with E-state index in [0.29, 0.717) is 17.0 Å². The molecule has 1 amide bonds. The highest BCUT2D eigenvalue weighted by Crippen LogP contribution is 2.42. The number of nitro benzene ring substituents is 1. The van der Waals surface area contributed by atoms with Gasteiger partial charge in [-0.15, -0.1) is 11.8 Å². The Balaban J connectivity index is 1.68. The lowest BCUT2D eigenvalue weighted by Gasteiger charge is -2.24. The van der Waals surface area contributed by atoms with Crippen LogP contribution in [-0.2, 0) is 16.1 Å². The number of amides is 1. The lowest BCUT2D eigenvalue weighted by atomic mass is 10.1. The number of fused-ring (bicyclic) bond motifs is 1. The van der Waals surface area contributed by atoms with Crippen LogP contribution in [0.15, 0.2) is 42.5 Å². The summed E-state index contributed by atoms with van der Waals surface area (Å²) in [6, 6.07) is 11.4. The number of nitrogens with zero attached hydrogens (tertiary/aromatic N) is 2. The molecule has 2 aromatic carbocycles. The number of nitro groups is 1. The Morgan fingerprint density at radius 1 is 1.16 bits per heavy atom. The van der Waals surface area contributed by atoms with Gasteiger partial charge in [-0.3, -0.25) is 19.8 Å². The second kappa shape index (κ2) is 5.89. The summed E-state index contributed by atoms with van der Waals surface area (Å²) in [5.74, 6) is -0.0668. The van der Waals surface area contributed by atoms with E-state index < -0.39 is 4.92 Å². The number of rotatable bonds is 3. The number of anilines is 1. The Hall–Kier alpha value is -2.87. The van der Waals surface area contributed by atoms with Crippen LogP contribution >= 0.6 is 11.8 Å². The molecular weight excluding hydrogens is 344 g/mol. The molecule has 126 valence electrons. The SMILES string of the molecule is O=C1OCc2cc(N3C(=O)CSC3c3ccc([N+](=O)[O-])cc3)ccc21. The van der Waals surface area contributed by atoms with Crippen LogP contribution in [0.1, 0.15) is 26.9 Å². The molecule has 25 heavy (non-hydrogen) atoms. The summed E-state index contributed by atoms with van der Waals surface area (Å²) < 4.78 is 5.00. The molecule has 0 aromatic heterocycles. The highest BCUT2D eigenvalue weighted by molar-refractivity contribution is 8.00. The summed E-state index contributed by atoms with van der Waals surface area (Å²) in [6.07, 6.45) is 0. The maximum absolute atomic E-state index is 12.4. The third-order valence-electron chi connectivity index (χ3n) is 4.20. The van der Waals surface area contributed by atoms with E-state index in [1.807, 2.05) is 0 Å². The van der Waals surface area contributed by atoms with Gasteiger partial charge in [0.25, 0.3) is 5.69 Å². The smallest absolute Gasteiger partial charge is 0.338 e. The average molecular weight is 356 g/mol. The topological polar surface area (TPSA) is 89.8 Å². The van der Waals surface area contributed by atoms with Crippen molar-refractivity contribution in [2.75, 3.05) is 10.7 Å². The van der Waals surface area contributed by atoms with Crippen LogP contribution in [0.2, 0.25) is 0 Å². The molecule has 1 fully saturated rings. The van der Waals surface area contributed by atoms with Crippen LogP contribution in [0.4, 0.5) is 11.4 Å². The molecule has 0 aliphatic carbocycles. The molecule has 2 aromatic rings. The molecule has 1 saturated heterocycles. The number of hydrogen-bond donors (Lipinski definition) is 0. The van der Waals surface area contributed by atoms with Gasteiger partial charge < -0.3 is 4.74 Å².